The molecule has 0 atom stereocenters. The van der Waals surface area contributed by atoms with Gasteiger partial charge in [-0.3, -0.25) is 14.7 Å². The molecule has 1 aliphatic rings. The summed E-state index contributed by atoms with van der Waals surface area (Å²) in [5.41, 5.74) is 1.74. The molecule has 7 heteroatoms. The normalized spacial score (nSPS) is 14.6. The molecular formula is C14H11N3O4. The highest BCUT2D eigenvalue weighted by Gasteiger charge is 2.33. The maximum absolute atomic E-state index is 12.0. The molecular weight excluding hydrogens is 274 g/mol. The van der Waals surface area contributed by atoms with Crippen molar-refractivity contribution in [3.63, 3.8) is 0 Å². The van der Waals surface area contributed by atoms with Crippen LogP contribution in [0.15, 0.2) is 36.5 Å². The first-order valence-electron chi connectivity index (χ1n) is 6.33. The number of hydrogen-bond acceptors (Lipinski definition) is 5. The van der Waals surface area contributed by atoms with Crippen molar-refractivity contribution in [2.75, 3.05) is 0 Å². The maximum atomic E-state index is 12.0. The van der Waals surface area contributed by atoms with Crippen LogP contribution in [0, 0.1) is 0 Å². The number of aromatic amines is 1. The fraction of sp³-hybridized carbons (Fsp3) is 0.143. The van der Waals surface area contributed by atoms with E-state index in [2.05, 4.69) is 10.2 Å². The number of imide groups is 1. The van der Waals surface area contributed by atoms with E-state index in [1.807, 2.05) is 0 Å². The lowest BCUT2D eigenvalue weighted by atomic mass is 10.1. The van der Waals surface area contributed by atoms with Crippen molar-refractivity contribution in [2.45, 2.75) is 12.8 Å². The average Bonchev–Trinajstić information content (AvgIpc) is 3.13. The number of aromatic nitrogens is 2. The first-order valence-corrected chi connectivity index (χ1v) is 6.33. The number of benzene rings is 1. The van der Waals surface area contributed by atoms with Gasteiger partial charge < -0.3 is 4.84 Å². The molecule has 1 N–H and O–H groups in total. The predicted octanol–water partition coefficient (Wildman–Crippen LogP) is 1.30. The highest BCUT2D eigenvalue weighted by atomic mass is 16.7. The van der Waals surface area contributed by atoms with E-state index in [0.29, 0.717) is 5.06 Å². The Labute approximate surface area is 119 Å². The van der Waals surface area contributed by atoms with E-state index in [1.165, 1.54) is 0 Å². The summed E-state index contributed by atoms with van der Waals surface area (Å²) in [5, 5.41) is 7.16. The molecule has 1 fully saturated rings. The van der Waals surface area contributed by atoms with Gasteiger partial charge in [0, 0.05) is 24.6 Å². The smallest absolute Gasteiger partial charge is 0.325 e. The van der Waals surface area contributed by atoms with Crippen molar-refractivity contribution in [3.05, 3.63) is 42.1 Å². The molecule has 2 amide bonds. The number of hydroxylamine groups is 2. The number of carbonyl (C=O) groups excluding carboxylic acids is 3. The van der Waals surface area contributed by atoms with E-state index in [4.69, 9.17) is 4.84 Å². The molecule has 0 aliphatic carbocycles. The van der Waals surface area contributed by atoms with Gasteiger partial charge in [0.05, 0.1) is 11.3 Å². The van der Waals surface area contributed by atoms with Crippen LogP contribution in [0.2, 0.25) is 0 Å². The molecule has 0 bridgehead atoms. The van der Waals surface area contributed by atoms with Crippen molar-refractivity contribution >= 4 is 17.8 Å². The van der Waals surface area contributed by atoms with Crippen molar-refractivity contribution < 1.29 is 19.2 Å². The molecule has 1 aromatic carbocycles. The van der Waals surface area contributed by atoms with Crippen LogP contribution in [0.5, 0.6) is 0 Å². The van der Waals surface area contributed by atoms with E-state index in [0.717, 1.165) is 11.3 Å². The van der Waals surface area contributed by atoms with Crippen molar-refractivity contribution in [3.8, 4) is 11.3 Å². The molecule has 0 radical (unpaired) electrons. The number of H-pyrrole nitrogens is 1. The summed E-state index contributed by atoms with van der Waals surface area (Å²) in [6, 6.07) is 8.39. The van der Waals surface area contributed by atoms with Gasteiger partial charge in [0.15, 0.2) is 0 Å². The predicted molar refractivity (Wildman–Crippen MR) is 70.5 cm³/mol. The lowest BCUT2D eigenvalue weighted by molar-refractivity contribution is -0.172. The summed E-state index contributed by atoms with van der Waals surface area (Å²) in [6.45, 7) is 0. The van der Waals surface area contributed by atoms with E-state index >= 15 is 0 Å². The van der Waals surface area contributed by atoms with Gasteiger partial charge >= 0.3 is 5.97 Å². The Morgan fingerprint density at radius 3 is 2.62 bits per heavy atom. The molecule has 0 saturated carbocycles. The summed E-state index contributed by atoms with van der Waals surface area (Å²) in [4.78, 5) is 39.7. The SMILES string of the molecule is O=C(ON1C(=O)CCC1=O)c1cccc(-c2ccn[nH]2)c1. The summed E-state index contributed by atoms with van der Waals surface area (Å²) in [6.07, 6.45) is 1.74. The van der Waals surface area contributed by atoms with Gasteiger partial charge in [-0.05, 0) is 18.2 Å². The van der Waals surface area contributed by atoms with Gasteiger partial charge in [0.1, 0.15) is 0 Å². The molecule has 106 valence electrons. The topological polar surface area (TPSA) is 92.4 Å². The Bertz CT molecular complexity index is 693. The number of nitrogens with zero attached hydrogens (tertiary/aromatic N) is 2. The lowest BCUT2D eigenvalue weighted by Crippen LogP contribution is -2.32. The molecule has 0 spiro atoms. The van der Waals surface area contributed by atoms with Crippen LogP contribution in [-0.2, 0) is 14.4 Å². The van der Waals surface area contributed by atoms with Crippen LogP contribution in [0.3, 0.4) is 0 Å². The minimum atomic E-state index is -0.750. The molecule has 0 unspecified atom stereocenters. The third kappa shape index (κ3) is 2.53. The first kappa shape index (κ1) is 13.0. The summed E-state index contributed by atoms with van der Waals surface area (Å²) in [7, 11) is 0. The molecule has 7 nitrogen and oxygen atoms in total. The first-order chi connectivity index (χ1) is 10.1. The van der Waals surface area contributed by atoms with Gasteiger partial charge in [-0.25, -0.2) is 4.79 Å². The van der Waals surface area contributed by atoms with Gasteiger partial charge in [-0.15, -0.1) is 5.06 Å². The van der Waals surface area contributed by atoms with Crippen LogP contribution in [0.4, 0.5) is 0 Å². The van der Waals surface area contributed by atoms with Crippen LogP contribution >= 0.6 is 0 Å². The second-order valence-corrected chi connectivity index (χ2v) is 4.51. The van der Waals surface area contributed by atoms with E-state index < -0.39 is 17.8 Å². The highest BCUT2D eigenvalue weighted by molar-refractivity contribution is 6.02. The minimum absolute atomic E-state index is 0.0697. The fourth-order valence-corrected chi connectivity index (χ4v) is 2.02. The molecule has 21 heavy (non-hydrogen) atoms. The van der Waals surface area contributed by atoms with Crippen molar-refractivity contribution in [2.24, 2.45) is 0 Å². The Balaban J connectivity index is 1.80. The van der Waals surface area contributed by atoms with Crippen molar-refractivity contribution in [1.82, 2.24) is 15.3 Å². The zero-order valence-electron chi connectivity index (χ0n) is 10.9. The van der Waals surface area contributed by atoms with Crippen molar-refractivity contribution in [1.29, 1.82) is 0 Å². The zero-order valence-corrected chi connectivity index (χ0v) is 10.9. The Morgan fingerprint density at radius 1 is 1.19 bits per heavy atom. The molecule has 1 aromatic heterocycles. The summed E-state index contributed by atoms with van der Waals surface area (Å²) >= 11 is 0. The number of carbonyl (C=O) groups is 3. The average molecular weight is 285 g/mol. The van der Waals surface area contributed by atoms with Gasteiger partial charge in [-0.2, -0.15) is 5.10 Å². The third-order valence-corrected chi connectivity index (χ3v) is 3.09. The molecule has 2 aromatic rings. The fourth-order valence-electron chi connectivity index (χ4n) is 2.02. The van der Waals surface area contributed by atoms with E-state index in [9.17, 15) is 14.4 Å². The molecule has 3 rings (SSSR count). The Hall–Kier alpha value is -2.96. The molecule has 1 aliphatic heterocycles. The number of amides is 2. The largest absolute Gasteiger partial charge is 0.363 e. The summed E-state index contributed by atoms with van der Waals surface area (Å²) in [5.74, 6) is -1.75. The highest BCUT2D eigenvalue weighted by Crippen LogP contribution is 2.19. The lowest BCUT2D eigenvalue weighted by Gasteiger charge is -2.12. The molecule has 2 heterocycles. The number of nitrogens with one attached hydrogen (secondary N) is 1. The second kappa shape index (κ2) is 5.20. The quantitative estimate of drug-likeness (QED) is 0.858. The van der Waals surface area contributed by atoms with Crippen LogP contribution in [-0.4, -0.2) is 33.0 Å². The molecule has 1 saturated heterocycles. The van der Waals surface area contributed by atoms with E-state index in [1.54, 1.807) is 36.5 Å². The van der Waals surface area contributed by atoms with Crippen LogP contribution < -0.4 is 0 Å². The Kier molecular flexibility index (Phi) is 3.23. The second-order valence-electron chi connectivity index (χ2n) is 4.51. The third-order valence-electron chi connectivity index (χ3n) is 3.09. The van der Waals surface area contributed by atoms with Crippen LogP contribution in [0.25, 0.3) is 11.3 Å². The number of hydrogen-bond donors (Lipinski definition) is 1. The Morgan fingerprint density at radius 2 is 1.95 bits per heavy atom. The summed E-state index contributed by atoms with van der Waals surface area (Å²) < 4.78 is 0. The van der Waals surface area contributed by atoms with E-state index in [-0.39, 0.29) is 18.4 Å². The van der Waals surface area contributed by atoms with Gasteiger partial charge in [0.2, 0.25) is 0 Å². The van der Waals surface area contributed by atoms with Crippen LogP contribution in [0.1, 0.15) is 23.2 Å². The zero-order chi connectivity index (χ0) is 14.8. The number of rotatable bonds is 3. The maximum Gasteiger partial charge on any atom is 0.363 e. The standard InChI is InChI=1S/C14H11N3O4/c18-12-4-5-13(19)17(12)21-14(20)10-3-1-2-9(8-10)11-6-7-15-16-11/h1-3,6-8H,4-5H2,(H,15,16). The minimum Gasteiger partial charge on any atom is -0.325 e. The van der Waals surface area contributed by atoms with Gasteiger partial charge in [0.25, 0.3) is 11.8 Å². The monoisotopic (exact) mass is 285 g/mol. The van der Waals surface area contributed by atoms with Gasteiger partial charge in [-0.1, -0.05) is 12.1 Å².